The van der Waals surface area contributed by atoms with Crippen molar-refractivity contribution in [3.05, 3.63) is 28.9 Å². The van der Waals surface area contributed by atoms with Crippen LogP contribution in [0.5, 0.6) is 0 Å². The summed E-state index contributed by atoms with van der Waals surface area (Å²) in [6, 6.07) is -0.143. The van der Waals surface area contributed by atoms with Gasteiger partial charge >= 0.3 is 5.63 Å². The number of anilines is 1. The van der Waals surface area contributed by atoms with Crippen molar-refractivity contribution >= 4 is 17.2 Å². The summed E-state index contributed by atoms with van der Waals surface area (Å²) in [4.78, 5) is 19.5. The molecule has 0 aromatic carbocycles. The second-order valence-electron chi connectivity index (χ2n) is 4.29. The van der Waals surface area contributed by atoms with E-state index in [1.807, 2.05) is 12.2 Å². The van der Waals surface area contributed by atoms with Crippen molar-refractivity contribution in [2.45, 2.75) is 12.5 Å². The molecule has 0 saturated heterocycles. The predicted octanol–water partition coefficient (Wildman–Crippen LogP) is 0.0762. The topological polar surface area (TPSA) is 107 Å². The summed E-state index contributed by atoms with van der Waals surface area (Å²) in [5.41, 5.74) is 5.43. The number of nitrogen functional groups attached to an aromatic ring is 1. The number of nitrogens with two attached hydrogens (primary N) is 1. The number of aromatic nitrogens is 3. The zero-order chi connectivity index (χ0) is 12.7. The van der Waals surface area contributed by atoms with Crippen LogP contribution in [0, 0.1) is 5.92 Å². The molecule has 3 rings (SSSR count). The molecule has 7 heteroatoms. The van der Waals surface area contributed by atoms with Crippen LogP contribution in [0.2, 0.25) is 0 Å². The molecule has 1 aliphatic carbocycles. The van der Waals surface area contributed by atoms with E-state index in [4.69, 9.17) is 10.8 Å². The number of rotatable bonds is 2. The van der Waals surface area contributed by atoms with Gasteiger partial charge in [-0.3, -0.25) is 0 Å². The Morgan fingerprint density at radius 1 is 1.56 bits per heavy atom. The minimum atomic E-state index is -0.586. The number of fused-ring (bicyclic) bond motifs is 1. The average molecular weight is 248 g/mol. The number of nitrogens with zero attached hydrogens (tertiary/aromatic N) is 3. The maximum atomic E-state index is 11.5. The van der Waals surface area contributed by atoms with Crippen molar-refractivity contribution in [3.63, 3.8) is 0 Å². The Hall–Kier alpha value is -2.15. The molecule has 2 aromatic heterocycles. The highest BCUT2D eigenvalue weighted by Gasteiger charge is 2.22. The lowest BCUT2D eigenvalue weighted by Gasteiger charge is -2.12. The molecule has 0 amide bonds. The Morgan fingerprint density at radius 3 is 3.11 bits per heavy atom. The fourth-order valence-corrected chi connectivity index (χ4v) is 2.22. The molecule has 0 spiro atoms. The Balaban J connectivity index is 2.09. The summed E-state index contributed by atoms with van der Waals surface area (Å²) < 4.78 is 6.46. The van der Waals surface area contributed by atoms with E-state index in [-0.39, 0.29) is 30.1 Å². The molecule has 94 valence electrons. The third kappa shape index (κ3) is 1.60. The smallest absolute Gasteiger partial charge is 0.368 e. The summed E-state index contributed by atoms with van der Waals surface area (Å²) in [6.07, 6.45) is 6.21. The molecular weight excluding hydrogens is 236 g/mol. The molecule has 0 aliphatic heterocycles. The number of imidazole rings is 1. The first kappa shape index (κ1) is 11.0. The second-order valence-corrected chi connectivity index (χ2v) is 4.29. The van der Waals surface area contributed by atoms with Crippen LogP contribution < -0.4 is 11.4 Å². The minimum absolute atomic E-state index is 0.0286. The van der Waals surface area contributed by atoms with Gasteiger partial charge in [0, 0.05) is 12.5 Å². The van der Waals surface area contributed by atoms with Crippen LogP contribution >= 0.6 is 0 Å². The van der Waals surface area contributed by atoms with Crippen molar-refractivity contribution in [1.82, 2.24) is 14.5 Å². The molecule has 7 nitrogen and oxygen atoms in total. The maximum Gasteiger partial charge on any atom is 0.368 e. The maximum absolute atomic E-state index is 11.5. The van der Waals surface area contributed by atoms with Gasteiger partial charge in [0.25, 0.3) is 6.01 Å². The van der Waals surface area contributed by atoms with Gasteiger partial charge in [0.15, 0.2) is 11.2 Å². The monoisotopic (exact) mass is 248 g/mol. The van der Waals surface area contributed by atoms with Gasteiger partial charge in [0.1, 0.15) is 0 Å². The first-order chi connectivity index (χ1) is 8.69. The zero-order valence-electron chi connectivity index (χ0n) is 9.48. The molecule has 2 atom stereocenters. The molecule has 1 aliphatic rings. The SMILES string of the molecule is Nc1nc2c(ncn2[C@H]2C=C[C@@H](CO)C2)c(=O)o1. The average Bonchev–Trinajstić information content (AvgIpc) is 2.93. The molecule has 0 saturated carbocycles. The summed E-state index contributed by atoms with van der Waals surface area (Å²) >= 11 is 0. The van der Waals surface area contributed by atoms with Crippen LogP contribution in [0.15, 0.2) is 27.7 Å². The van der Waals surface area contributed by atoms with Gasteiger partial charge in [0.2, 0.25) is 0 Å². The normalized spacial score (nSPS) is 22.9. The van der Waals surface area contributed by atoms with E-state index in [1.165, 1.54) is 0 Å². The van der Waals surface area contributed by atoms with Crippen LogP contribution in [0.3, 0.4) is 0 Å². The van der Waals surface area contributed by atoms with E-state index in [0.29, 0.717) is 5.65 Å². The molecule has 3 N–H and O–H groups in total. The lowest BCUT2D eigenvalue weighted by atomic mass is 10.1. The Bertz CT molecular complexity index is 672. The van der Waals surface area contributed by atoms with Crippen molar-refractivity contribution < 1.29 is 9.52 Å². The third-order valence-corrected chi connectivity index (χ3v) is 3.12. The van der Waals surface area contributed by atoms with E-state index in [2.05, 4.69) is 14.4 Å². The second kappa shape index (κ2) is 3.95. The van der Waals surface area contributed by atoms with Crippen LogP contribution in [0.25, 0.3) is 11.2 Å². The van der Waals surface area contributed by atoms with E-state index >= 15 is 0 Å². The van der Waals surface area contributed by atoms with Crippen LogP contribution in [-0.2, 0) is 0 Å². The Morgan fingerprint density at radius 2 is 2.39 bits per heavy atom. The molecule has 0 radical (unpaired) electrons. The Labute approximate surface area is 102 Å². The van der Waals surface area contributed by atoms with Gasteiger partial charge < -0.3 is 19.8 Å². The molecule has 0 bridgehead atoms. The number of aliphatic hydroxyl groups excluding tert-OH is 1. The largest absolute Gasteiger partial charge is 0.396 e. The standard InChI is InChI=1S/C11H12N4O3/c12-11-14-9-8(10(17)18-11)13-5-15(9)7-2-1-6(3-7)4-16/h1-2,5-7,16H,3-4H2,(H2,12,14)/t6-,7+/m1/s1. The van der Waals surface area contributed by atoms with Gasteiger partial charge in [-0.15, -0.1) is 0 Å². The van der Waals surface area contributed by atoms with Crippen molar-refractivity contribution in [2.75, 3.05) is 12.3 Å². The van der Waals surface area contributed by atoms with Gasteiger partial charge in [0.05, 0.1) is 12.4 Å². The van der Waals surface area contributed by atoms with Gasteiger partial charge in [-0.1, -0.05) is 12.2 Å². The molecule has 18 heavy (non-hydrogen) atoms. The number of allylic oxidation sites excluding steroid dienone is 1. The highest BCUT2D eigenvalue weighted by atomic mass is 16.4. The third-order valence-electron chi connectivity index (χ3n) is 3.12. The summed E-state index contributed by atoms with van der Waals surface area (Å²) in [5.74, 6) is 0.130. The van der Waals surface area contributed by atoms with Crippen LogP contribution in [0.1, 0.15) is 12.5 Å². The molecule has 0 fully saturated rings. The van der Waals surface area contributed by atoms with Crippen molar-refractivity contribution in [2.24, 2.45) is 5.92 Å². The highest BCUT2D eigenvalue weighted by molar-refractivity contribution is 5.70. The summed E-state index contributed by atoms with van der Waals surface area (Å²) in [5, 5.41) is 9.11. The van der Waals surface area contributed by atoms with E-state index < -0.39 is 5.63 Å². The van der Waals surface area contributed by atoms with E-state index in [9.17, 15) is 4.79 Å². The molecular formula is C11H12N4O3. The fraction of sp³-hybridized carbons (Fsp3) is 0.364. The summed E-state index contributed by atoms with van der Waals surface area (Å²) in [7, 11) is 0. The van der Waals surface area contributed by atoms with Crippen LogP contribution in [0.4, 0.5) is 6.01 Å². The first-order valence-corrected chi connectivity index (χ1v) is 5.61. The lowest BCUT2D eigenvalue weighted by Crippen LogP contribution is -2.10. The quantitative estimate of drug-likeness (QED) is 0.728. The number of hydrogen-bond acceptors (Lipinski definition) is 6. The minimum Gasteiger partial charge on any atom is -0.396 e. The number of hydrogen-bond donors (Lipinski definition) is 2. The van der Waals surface area contributed by atoms with Gasteiger partial charge in [-0.2, -0.15) is 4.98 Å². The Kier molecular flexibility index (Phi) is 2.41. The first-order valence-electron chi connectivity index (χ1n) is 5.61. The zero-order valence-corrected chi connectivity index (χ0v) is 9.48. The van der Waals surface area contributed by atoms with Crippen LogP contribution in [-0.4, -0.2) is 26.2 Å². The van der Waals surface area contributed by atoms with Gasteiger partial charge in [-0.25, -0.2) is 9.78 Å². The van der Waals surface area contributed by atoms with Gasteiger partial charge in [-0.05, 0) is 6.42 Å². The summed E-state index contributed by atoms with van der Waals surface area (Å²) in [6.45, 7) is 0.108. The van der Waals surface area contributed by atoms with Crippen molar-refractivity contribution in [1.29, 1.82) is 0 Å². The van der Waals surface area contributed by atoms with Crippen molar-refractivity contribution in [3.8, 4) is 0 Å². The lowest BCUT2D eigenvalue weighted by molar-refractivity contribution is 0.244. The molecule has 2 heterocycles. The van der Waals surface area contributed by atoms with E-state index in [0.717, 1.165) is 6.42 Å². The molecule has 2 aromatic rings. The fourth-order valence-electron chi connectivity index (χ4n) is 2.22. The highest BCUT2D eigenvalue weighted by Crippen LogP contribution is 2.29. The van der Waals surface area contributed by atoms with E-state index in [1.54, 1.807) is 10.9 Å². The predicted molar refractivity (Wildman–Crippen MR) is 63.8 cm³/mol. The molecule has 0 unspecified atom stereocenters. The number of aliphatic hydroxyl groups is 1.